The molecule has 0 aromatic heterocycles. The highest BCUT2D eigenvalue weighted by molar-refractivity contribution is 5.68. The molecule has 0 N–H and O–H groups in total. The van der Waals surface area contributed by atoms with Gasteiger partial charge in [-0.05, 0) is 10.4 Å². The van der Waals surface area contributed by atoms with Crippen LogP contribution in [0.4, 0.5) is 11.4 Å². The van der Waals surface area contributed by atoms with E-state index in [9.17, 15) is 9.81 Å². The molecule has 6 nitrogen and oxygen atoms in total. The summed E-state index contributed by atoms with van der Waals surface area (Å²) in [5, 5.41) is 5.28. The number of fused-ring (bicyclic) bond motifs is 1. The van der Waals surface area contributed by atoms with Gasteiger partial charge in [0.2, 0.25) is 6.79 Å². The molecular formula is C7H4N2O4. The van der Waals surface area contributed by atoms with Crippen molar-refractivity contribution in [2.24, 2.45) is 10.4 Å². The molecule has 1 heterocycles. The van der Waals surface area contributed by atoms with Crippen molar-refractivity contribution in [1.82, 2.24) is 0 Å². The Hall–Kier alpha value is -1.98. The second kappa shape index (κ2) is 2.81. The molecule has 0 unspecified atom stereocenters. The van der Waals surface area contributed by atoms with Gasteiger partial charge in [-0.2, -0.15) is 0 Å². The van der Waals surface area contributed by atoms with E-state index in [1.807, 2.05) is 0 Å². The van der Waals surface area contributed by atoms with Crippen LogP contribution in [0.1, 0.15) is 0 Å². The summed E-state index contributed by atoms with van der Waals surface area (Å²) >= 11 is 0. The molecular weight excluding hydrogens is 176 g/mol. The summed E-state index contributed by atoms with van der Waals surface area (Å²) in [6, 6.07) is 2.65. The van der Waals surface area contributed by atoms with Gasteiger partial charge in [0.05, 0.1) is 0 Å². The van der Waals surface area contributed by atoms with Crippen molar-refractivity contribution in [2.75, 3.05) is 6.79 Å². The Morgan fingerprint density at radius 2 is 1.46 bits per heavy atom. The van der Waals surface area contributed by atoms with Gasteiger partial charge in [-0.15, -0.1) is 9.81 Å². The van der Waals surface area contributed by atoms with Crippen molar-refractivity contribution >= 4 is 11.4 Å². The molecule has 0 atom stereocenters. The van der Waals surface area contributed by atoms with E-state index in [1.54, 1.807) is 0 Å². The maximum absolute atomic E-state index is 10.2. The van der Waals surface area contributed by atoms with Crippen molar-refractivity contribution in [3.8, 4) is 11.5 Å². The van der Waals surface area contributed by atoms with Gasteiger partial charge in [0, 0.05) is 12.1 Å². The van der Waals surface area contributed by atoms with Gasteiger partial charge in [0.15, 0.2) is 11.5 Å². The maximum Gasteiger partial charge on any atom is 0.231 e. The SMILES string of the molecule is O=Nc1cc2c(cc1N=O)OCO2. The summed E-state index contributed by atoms with van der Waals surface area (Å²) in [5.74, 6) is 0.809. The molecule has 0 saturated heterocycles. The predicted octanol–water partition coefficient (Wildman–Crippen LogP) is 2.21. The largest absolute Gasteiger partial charge is 0.454 e. The molecule has 1 aliphatic heterocycles. The third-order valence-electron chi connectivity index (χ3n) is 1.67. The molecule has 0 aliphatic carbocycles. The average molecular weight is 180 g/mol. The van der Waals surface area contributed by atoms with Crippen LogP contribution >= 0.6 is 0 Å². The van der Waals surface area contributed by atoms with Crippen molar-refractivity contribution < 1.29 is 9.47 Å². The molecule has 0 saturated carbocycles. The normalized spacial score (nSPS) is 12.6. The van der Waals surface area contributed by atoms with E-state index in [0.29, 0.717) is 11.5 Å². The molecule has 1 aromatic carbocycles. The van der Waals surface area contributed by atoms with E-state index in [-0.39, 0.29) is 18.2 Å². The second-order valence-corrected chi connectivity index (χ2v) is 2.38. The number of ether oxygens (including phenoxy) is 2. The first-order valence-corrected chi connectivity index (χ1v) is 3.45. The zero-order valence-electron chi connectivity index (χ0n) is 6.39. The summed E-state index contributed by atoms with van der Waals surface area (Å²) in [6.07, 6.45) is 0. The van der Waals surface area contributed by atoms with Gasteiger partial charge in [-0.1, -0.05) is 0 Å². The molecule has 1 aromatic rings. The average Bonchev–Trinajstić information content (AvgIpc) is 2.62. The molecule has 1 aliphatic rings. The van der Waals surface area contributed by atoms with Crippen LogP contribution in [0.5, 0.6) is 11.5 Å². The van der Waals surface area contributed by atoms with E-state index in [1.165, 1.54) is 12.1 Å². The minimum Gasteiger partial charge on any atom is -0.454 e. The number of rotatable bonds is 2. The molecule has 66 valence electrons. The summed E-state index contributed by atoms with van der Waals surface area (Å²) in [5.41, 5.74) is -0.0847. The molecule has 0 amide bonds. The van der Waals surface area contributed by atoms with Crippen LogP contribution in [-0.4, -0.2) is 6.79 Å². The Morgan fingerprint density at radius 1 is 1.00 bits per heavy atom. The molecule has 0 spiro atoms. The summed E-state index contributed by atoms with van der Waals surface area (Å²) in [4.78, 5) is 20.5. The van der Waals surface area contributed by atoms with E-state index in [2.05, 4.69) is 10.4 Å². The molecule has 2 rings (SSSR count). The van der Waals surface area contributed by atoms with Crippen LogP contribution in [0.25, 0.3) is 0 Å². The van der Waals surface area contributed by atoms with Crippen LogP contribution in [0.2, 0.25) is 0 Å². The van der Waals surface area contributed by atoms with Gasteiger partial charge in [0.25, 0.3) is 0 Å². The van der Waals surface area contributed by atoms with Crippen LogP contribution in [-0.2, 0) is 0 Å². The lowest BCUT2D eigenvalue weighted by atomic mass is 10.2. The summed E-state index contributed by atoms with van der Waals surface area (Å²) < 4.78 is 9.95. The fourth-order valence-corrected chi connectivity index (χ4v) is 1.07. The summed E-state index contributed by atoms with van der Waals surface area (Å²) in [7, 11) is 0. The van der Waals surface area contributed by atoms with Crippen LogP contribution in [0, 0.1) is 9.81 Å². The zero-order valence-corrected chi connectivity index (χ0v) is 6.39. The third kappa shape index (κ3) is 1.12. The molecule has 0 fully saturated rings. The van der Waals surface area contributed by atoms with E-state index < -0.39 is 0 Å². The quantitative estimate of drug-likeness (QED) is 0.653. The standard InChI is InChI=1S/C7H4N2O4/c10-8-4-1-6-7(13-3-12-6)2-5(4)9-11/h1-2H,3H2. The number of hydrogen-bond donors (Lipinski definition) is 0. The predicted molar refractivity (Wildman–Crippen MR) is 43.5 cm³/mol. The van der Waals surface area contributed by atoms with Gasteiger partial charge < -0.3 is 9.47 Å². The highest BCUT2D eigenvalue weighted by atomic mass is 16.7. The van der Waals surface area contributed by atoms with Crippen molar-refractivity contribution in [3.05, 3.63) is 21.9 Å². The Kier molecular flexibility index (Phi) is 1.66. The fourth-order valence-electron chi connectivity index (χ4n) is 1.07. The lowest BCUT2D eigenvalue weighted by molar-refractivity contribution is 0.174. The van der Waals surface area contributed by atoms with E-state index in [4.69, 9.17) is 9.47 Å². The van der Waals surface area contributed by atoms with E-state index >= 15 is 0 Å². The Bertz CT molecular complexity index is 342. The number of nitrogens with zero attached hydrogens (tertiary/aromatic N) is 2. The molecule has 0 bridgehead atoms. The Morgan fingerprint density at radius 3 is 1.85 bits per heavy atom. The van der Waals surface area contributed by atoms with Crippen LogP contribution < -0.4 is 9.47 Å². The monoisotopic (exact) mass is 180 g/mol. The third-order valence-corrected chi connectivity index (χ3v) is 1.67. The Labute approximate surface area is 72.4 Å². The molecule has 6 heteroatoms. The smallest absolute Gasteiger partial charge is 0.231 e. The number of benzene rings is 1. The maximum atomic E-state index is 10.2. The van der Waals surface area contributed by atoms with Gasteiger partial charge in [-0.3, -0.25) is 0 Å². The van der Waals surface area contributed by atoms with Crippen molar-refractivity contribution in [2.45, 2.75) is 0 Å². The summed E-state index contributed by atoms with van der Waals surface area (Å²) in [6.45, 7) is 0.0793. The van der Waals surface area contributed by atoms with Crippen LogP contribution in [0.15, 0.2) is 22.5 Å². The van der Waals surface area contributed by atoms with Crippen LogP contribution in [0.3, 0.4) is 0 Å². The number of hydrogen-bond acceptors (Lipinski definition) is 6. The first kappa shape index (κ1) is 7.66. The lowest BCUT2D eigenvalue weighted by Gasteiger charge is -1.97. The minimum absolute atomic E-state index is 0.0424. The fraction of sp³-hybridized carbons (Fsp3) is 0.143. The first-order valence-electron chi connectivity index (χ1n) is 3.45. The number of nitroso groups, excluding NO2 is 2. The molecule has 13 heavy (non-hydrogen) atoms. The Balaban J connectivity index is 2.59. The lowest BCUT2D eigenvalue weighted by Crippen LogP contribution is -1.92. The minimum atomic E-state index is -0.0424. The van der Waals surface area contributed by atoms with Crippen molar-refractivity contribution in [3.63, 3.8) is 0 Å². The highest BCUT2D eigenvalue weighted by Gasteiger charge is 2.17. The van der Waals surface area contributed by atoms with Gasteiger partial charge in [0.1, 0.15) is 11.4 Å². The topological polar surface area (TPSA) is 77.3 Å². The van der Waals surface area contributed by atoms with Gasteiger partial charge >= 0.3 is 0 Å². The van der Waals surface area contributed by atoms with E-state index in [0.717, 1.165) is 0 Å². The molecule has 0 radical (unpaired) electrons. The second-order valence-electron chi connectivity index (χ2n) is 2.38. The highest BCUT2D eigenvalue weighted by Crippen LogP contribution is 2.41. The zero-order chi connectivity index (χ0) is 9.26. The van der Waals surface area contributed by atoms with Gasteiger partial charge in [-0.25, -0.2) is 0 Å². The van der Waals surface area contributed by atoms with Crippen molar-refractivity contribution in [1.29, 1.82) is 0 Å². The first-order chi connectivity index (χ1) is 6.35.